The van der Waals surface area contributed by atoms with E-state index in [0.29, 0.717) is 34.3 Å². The lowest BCUT2D eigenvalue weighted by Crippen LogP contribution is -2.52. The summed E-state index contributed by atoms with van der Waals surface area (Å²) < 4.78 is 28.7. The molecule has 0 heterocycles. The summed E-state index contributed by atoms with van der Waals surface area (Å²) in [6, 6.07) is 18.9. The Labute approximate surface area is 247 Å². The molecular formula is C30H35Cl2N3O4S. The van der Waals surface area contributed by atoms with Gasteiger partial charge in [0.25, 0.3) is 10.0 Å². The maximum atomic E-state index is 14.1. The first-order valence-electron chi connectivity index (χ1n) is 13.1. The van der Waals surface area contributed by atoms with E-state index in [2.05, 4.69) is 5.32 Å². The molecule has 0 spiro atoms. The van der Waals surface area contributed by atoms with Gasteiger partial charge in [0.2, 0.25) is 11.8 Å². The predicted octanol–water partition coefficient (Wildman–Crippen LogP) is 6.08. The van der Waals surface area contributed by atoms with Crippen molar-refractivity contribution in [2.75, 3.05) is 17.4 Å². The number of hydrogen-bond donors (Lipinski definition) is 1. The second kappa shape index (κ2) is 14.0. The van der Waals surface area contributed by atoms with Crippen LogP contribution in [0.25, 0.3) is 0 Å². The van der Waals surface area contributed by atoms with Crippen LogP contribution in [-0.4, -0.2) is 44.3 Å². The van der Waals surface area contributed by atoms with Crippen molar-refractivity contribution in [2.24, 2.45) is 5.92 Å². The van der Waals surface area contributed by atoms with E-state index in [9.17, 15) is 18.0 Å². The van der Waals surface area contributed by atoms with Crippen molar-refractivity contribution < 1.29 is 18.0 Å². The number of hydrogen-bond acceptors (Lipinski definition) is 4. The molecule has 1 N–H and O–H groups in total. The van der Waals surface area contributed by atoms with Crippen LogP contribution in [-0.2, 0) is 26.2 Å². The van der Waals surface area contributed by atoms with Crippen molar-refractivity contribution in [3.63, 3.8) is 0 Å². The van der Waals surface area contributed by atoms with E-state index < -0.39 is 28.5 Å². The molecule has 0 radical (unpaired) electrons. The zero-order valence-electron chi connectivity index (χ0n) is 23.1. The average Bonchev–Trinajstić information content (AvgIpc) is 2.92. The van der Waals surface area contributed by atoms with E-state index in [4.69, 9.17) is 23.2 Å². The van der Waals surface area contributed by atoms with Gasteiger partial charge >= 0.3 is 0 Å². The third-order valence-electron chi connectivity index (χ3n) is 6.39. The van der Waals surface area contributed by atoms with Gasteiger partial charge in [-0.1, -0.05) is 85.9 Å². The summed E-state index contributed by atoms with van der Waals surface area (Å²) in [5.74, 6) is -0.695. The average molecular weight is 605 g/mol. The van der Waals surface area contributed by atoms with Gasteiger partial charge in [0, 0.05) is 28.7 Å². The highest BCUT2D eigenvalue weighted by atomic mass is 35.5. The number of aryl methyl sites for hydroxylation is 1. The Morgan fingerprint density at radius 1 is 0.900 bits per heavy atom. The minimum absolute atomic E-state index is 0.0470. The molecule has 3 aromatic carbocycles. The number of sulfonamides is 1. The number of benzene rings is 3. The molecule has 10 heteroatoms. The largest absolute Gasteiger partial charge is 0.354 e. The SMILES string of the molecule is CC[C@@H](C(=O)NCC(C)C)N(Cc1c(Cl)cccc1Cl)C(=O)CN(c1ccc(C)cc1)S(=O)(=O)c1ccccc1. The van der Waals surface area contributed by atoms with Gasteiger partial charge in [-0.3, -0.25) is 13.9 Å². The van der Waals surface area contributed by atoms with E-state index in [-0.39, 0.29) is 23.3 Å². The van der Waals surface area contributed by atoms with Gasteiger partial charge < -0.3 is 10.2 Å². The molecule has 2 amide bonds. The van der Waals surface area contributed by atoms with Gasteiger partial charge in [-0.15, -0.1) is 0 Å². The summed E-state index contributed by atoms with van der Waals surface area (Å²) in [5, 5.41) is 3.59. The van der Waals surface area contributed by atoms with Gasteiger partial charge in [0.15, 0.2) is 0 Å². The van der Waals surface area contributed by atoms with E-state index in [1.165, 1.54) is 17.0 Å². The zero-order valence-corrected chi connectivity index (χ0v) is 25.4. The Morgan fingerprint density at radius 2 is 1.50 bits per heavy atom. The number of rotatable bonds is 12. The van der Waals surface area contributed by atoms with Crippen LogP contribution in [0.5, 0.6) is 0 Å². The summed E-state index contributed by atoms with van der Waals surface area (Å²) in [7, 11) is -4.13. The van der Waals surface area contributed by atoms with Crippen LogP contribution in [0.3, 0.4) is 0 Å². The fourth-order valence-corrected chi connectivity index (χ4v) is 6.11. The maximum absolute atomic E-state index is 14.1. The van der Waals surface area contributed by atoms with Crippen LogP contribution in [0.4, 0.5) is 5.69 Å². The smallest absolute Gasteiger partial charge is 0.264 e. The lowest BCUT2D eigenvalue weighted by Gasteiger charge is -2.33. The Balaban J connectivity index is 2.07. The van der Waals surface area contributed by atoms with Crippen LogP contribution in [0.1, 0.15) is 38.3 Å². The molecule has 0 aromatic heterocycles. The van der Waals surface area contributed by atoms with Crippen LogP contribution in [0.15, 0.2) is 77.7 Å². The van der Waals surface area contributed by atoms with Crippen LogP contribution >= 0.6 is 23.2 Å². The number of amides is 2. The van der Waals surface area contributed by atoms with Gasteiger partial charge in [-0.2, -0.15) is 0 Å². The Bertz CT molecular complexity index is 1390. The summed E-state index contributed by atoms with van der Waals surface area (Å²) in [4.78, 5) is 28.8. The highest BCUT2D eigenvalue weighted by Gasteiger charge is 2.34. The van der Waals surface area contributed by atoms with Gasteiger partial charge in [-0.05, 0) is 55.7 Å². The van der Waals surface area contributed by atoms with Crippen molar-refractivity contribution in [1.82, 2.24) is 10.2 Å². The third-order valence-corrected chi connectivity index (χ3v) is 8.89. The lowest BCUT2D eigenvalue weighted by molar-refractivity contribution is -0.140. The number of carbonyl (C=O) groups excluding carboxylic acids is 2. The summed E-state index contributed by atoms with van der Waals surface area (Å²) in [6.45, 7) is 7.47. The van der Waals surface area contributed by atoms with Crippen LogP contribution in [0, 0.1) is 12.8 Å². The van der Waals surface area contributed by atoms with Gasteiger partial charge in [-0.25, -0.2) is 8.42 Å². The first-order valence-corrected chi connectivity index (χ1v) is 15.3. The number of carbonyl (C=O) groups is 2. The highest BCUT2D eigenvalue weighted by Crippen LogP contribution is 2.29. The van der Waals surface area contributed by atoms with E-state index in [1.54, 1.807) is 67.6 Å². The fourth-order valence-electron chi connectivity index (χ4n) is 4.16. The molecule has 0 unspecified atom stereocenters. The molecule has 3 rings (SSSR count). The van der Waals surface area contributed by atoms with E-state index >= 15 is 0 Å². The van der Waals surface area contributed by atoms with Crippen molar-refractivity contribution in [1.29, 1.82) is 0 Å². The molecule has 0 aliphatic rings. The third kappa shape index (κ3) is 7.77. The topological polar surface area (TPSA) is 86.8 Å². The summed E-state index contributed by atoms with van der Waals surface area (Å²) >= 11 is 12.9. The van der Waals surface area contributed by atoms with Crippen LogP contribution in [0.2, 0.25) is 10.0 Å². The molecule has 3 aromatic rings. The van der Waals surface area contributed by atoms with Crippen molar-refractivity contribution >= 4 is 50.7 Å². The van der Waals surface area contributed by atoms with Crippen molar-refractivity contribution in [3.05, 3.63) is 94.0 Å². The highest BCUT2D eigenvalue weighted by molar-refractivity contribution is 7.92. The molecule has 0 bridgehead atoms. The monoisotopic (exact) mass is 603 g/mol. The molecule has 1 atom stereocenters. The van der Waals surface area contributed by atoms with E-state index in [0.717, 1.165) is 9.87 Å². The molecule has 0 aliphatic heterocycles. The van der Waals surface area contributed by atoms with Gasteiger partial charge in [0.05, 0.1) is 10.6 Å². The normalized spacial score (nSPS) is 12.2. The second-order valence-corrected chi connectivity index (χ2v) is 12.6. The summed E-state index contributed by atoms with van der Waals surface area (Å²) in [5.41, 5.74) is 1.74. The predicted molar refractivity (Wildman–Crippen MR) is 161 cm³/mol. The zero-order chi connectivity index (χ0) is 29.4. The molecular weight excluding hydrogens is 569 g/mol. The maximum Gasteiger partial charge on any atom is 0.264 e. The van der Waals surface area contributed by atoms with Crippen molar-refractivity contribution in [2.45, 2.75) is 51.6 Å². The molecule has 0 aliphatic carbocycles. The first-order chi connectivity index (χ1) is 18.9. The summed E-state index contributed by atoms with van der Waals surface area (Å²) in [6.07, 6.45) is 0.299. The Hall–Kier alpha value is -3.07. The number of nitrogens with zero attached hydrogens (tertiary/aromatic N) is 2. The number of nitrogens with one attached hydrogen (secondary N) is 1. The van der Waals surface area contributed by atoms with Crippen LogP contribution < -0.4 is 9.62 Å². The fraction of sp³-hybridized carbons (Fsp3) is 0.333. The molecule has 0 saturated heterocycles. The van der Waals surface area contributed by atoms with Gasteiger partial charge in [0.1, 0.15) is 12.6 Å². The Morgan fingerprint density at radius 3 is 2.05 bits per heavy atom. The molecule has 214 valence electrons. The second-order valence-electron chi connectivity index (χ2n) is 9.95. The van der Waals surface area contributed by atoms with Crippen molar-refractivity contribution in [3.8, 4) is 0 Å². The minimum Gasteiger partial charge on any atom is -0.354 e. The quantitative estimate of drug-likeness (QED) is 0.272. The lowest BCUT2D eigenvalue weighted by atomic mass is 10.1. The molecule has 0 fully saturated rings. The standard InChI is InChI=1S/C30H35Cl2N3O4S/c1-5-28(30(37)33-18-21(2)3)34(19-25-26(31)12-9-13-27(25)32)29(36)20-35(23-16-14-22(4)15-17-23)40(38,39)24-10-7-6-8-11-24/h6-17,21,28H,5,18-20H2,1-4H3,(H,33,37)/t28-/m0/s1. The molecule has 7 nitrogen and oxygen atoms in total. The first kappa shape index (κ1) is 31.5. The minimum atomic E-state index is -4.13. The molecule has 40 heavy (non-hydrogen) atoms. The van der Waals surface area contributed by atoms with E-state index in [1.807, 2.05) is 20.8 Å². The Kier molecular flexibility index (Phi) is 11.0. The number of anilines is 1. The molecule has 0 saturated carbocycles. The number of halogens is 2.